The number of nitrogens with one attached hydrogen (secondary N) is 1. The lowest BCUT2D eigenvalue weighted by Crippen LogP contribution is -2.19. The summed E-state index contributed by atoms with van der Waals surface area (Å²) >= 11 is 5.02. The molecule has 3 aromatic rings. The van der Waals surface area contributed by atoms with Gasteiger partial charge in [-0.2, -0.15) is 4.98 Å². The lowest BCUT2D eigenvalue weighted by atomic mass is 10.1. The third kappa shape index (κ3) is 4.91. The number of fused-ring (bicyclic) bond motifs is 3. The standard InChI is InChI=1S/C21H19BrN4O4S/c1-2-9-31-21-24-20-18(25-26-21)14-10-12(22)7-8-15(14)23-19(30-20)13-5-3-4-6-16(13)29-11-17(27)28/h3-8,10,19,23H,2,9,11H2,1H3,(H,27,28)/t19-/m0/s1. The minimum absolute atomic E-state index is 0.344. The van der Waals surface area contributed by atoms with E-state index in [1.54, 1.807) is 12.1 Å². The number of carboxylic acid groups (broad SMARTS) is 1. The third-order valence-electron chi connectivity index (χ3n) is 4.38. The van der Waals surface area contributed by atoms with Gasteiger partial charge in [0.2, 0.25) is 17.3 Å². The molecular weight excluding hydrogens is 484 g/mol. The summed E-state index contributed by atoms with van der Waals surface area (Å²) in [5.41, 5.74) is 2.75. The van der Waals surface area contributed by atoms with Crippen molar-refractivity contribution in [1.29, 1.82) is 0 Å². The van der Waals surface area contributed by atoms with Gasteiger partial charge in [0.25, 0.3) is 0 Å². The highest BCUT2D eigenvalue weighted by atomic mass is 79.9. The van der Waals surface area contributed by atoms with Crippen LogP contribution in [0.5, 0.6) is 11.6 Å². The molecule has 0 amide bonds. The summed E-state index contributed by atoms with van der Waals surface area (Å²) < 4.78 is 12.6. The Labute approximate surface area is 191 Å². The van der Waals surface area contributed by atoms with E-state index in [4.69, 9.17) is 14.6 Å². The summed E-state index contributed by atoms with van der Waals surface area (Å²) in [7, 11) is 0. The van der Waals surface area contributed by atoms with Crippen LogP contribution in [0, 0.1) is 0 Å². The van der Waals surface area contributed by atoms with E-state index >= 15 is 0 Å². The first-order chi connectivity index (χ1) is 15.0. The van der Waals surface area contributed by atoms with E-state index in [1.165, 1.54) is 11.8 Å². The van der Waals surface area contributed by atoms with Gasteiger partial charge in [-0.05, 0) is 36.8 Å². The average molecular weight is 503 g/mol. The van der Waals surface area contributed by atoms with Crippen LogP contribution in [0.2, 0.25) is 0 Å². The molecule has 0 unspecified atom stereocenters. The molecule has 1 aromatic heterocycles. The van der Waals surface area contributed by atoms with Crippen LogP contribution in [-0.2, 0) is 4.79 Å². The maximum Gasteiger partial charge on any atom is 0.341 e. The van der Waals surface area contributed by atoms with E-state index in [9.17, 15) is 4.79 Å². The number of hydrogen-bond donors (Lipinski definition) is 2. The Kier molecular flexibility index (Phi) is 6.57. The Morgan fingerprint density at radius 1 is 1.29 bits per heavy atom. The van der Waals surface area contributed by atoms with E-state index in [1.807, 2.05) is 30.3 Å². The van der Waals surface area contributed by atoms with Gasteiger partial charge in [-0.25, -0.2) is 4.79 Å². The predicted octanol–water partition coefficient (Wildman–Crippen LogP) is 4.77. The Balaban J connectivity index is 1.78. The first-order valence-corrected chi connectivity index (χ1v) is 11.4. The van der Waals surface area contributed by atoms with Crippen LogP contribution in [0.3, 0.4) is 0 Å². The van der Waals surface area contributed by atoms with Gasteiger partial charge >= 0.3 is 5.97 Å². The largest absolute Gasteiger partial charge is 0.481 e. The van der Waals surface area contributed by atoms with Gasteiger partial charge in [-0.3, -0.25) is 0 Å². The first-order valence-electron chi connectivity index (χ1n) is 9.59. The smallest absolute Gasteiger partial charge is 0.341 e. The van der Waals surface area contributed by atoms with Gasteiger partial charge in [0, 0.05) is 21.5 Å². The van der Waals surface area contributed by atoms with Crippen molar-refractivity contribution in [2.24, 2.45) is 0 Å². The average Bonchev–Trinajstić information content (AvgIpc) is 2.92. The molecule has 0 saturated heterocycles. The van der Waals surface area contributed by atoms with E-state index in [0.717, 1.165) is 27.9 Å². The quantitative estimate of drug-likeness (QED) is 0.441. The van der Waals surface area contributed by atoms with Crippen molar-refractivity contribution in [2.75, 3.05) is 17.7 Å². The fourth-order valence-electron chi connectivity index (χ4n) is 3.03. The number of ether oxygens (including phenoxy) is 2. The van der Waals surface area contributed by atoms with E-state index in [-0.39, 0.29) is 0 Å². The third-order valence-corrected chi connectivity index (χ3v) is 5.91. The van der Waals surface area contributed by atoms with Gasteiger partial charge in [0.15, 0.2) is 12.3 Å². The second kappa shape index (κ2) is 9.52. The number of benzene rings is 2. The van der Waals surface area contributed by atoms with Gasteiger partial charge in [-0.15, -0.1) is 10.2 Å². The summed E-state index contributed by atoms with van der Waals surface area (Å²) in [5, 5.41) is 21.5. The van der Waals surface area contributed by atoms with Crippen molar-refractivity contribution in [2.45, 2.75) is 24.7 Å². The van der Waals surface area contributed by atoms with Crippen molar-refractivity contribution < 1.29 is 19.4 Å². The highest BCUT2D eigenvalue weighted by Gasteiger charge is 2.28. The Bertz CT molecular complexity index is 1110. The zero-order chi connectivity index (χ0) is 21.8. The molecule has 1 aliphatic heterocycles. The van der Waals surface area contributed by atoms with E-state index < -0.39 is 18.8 Å². The van der Waals surface area contributed by atoms with Crippen molar-refractivity contribution in [1.82, 2.24) is 15.2 Å². The van der Waals surface area contributed by atoms with Gasteiger partial charge in [0.1, 0.15) is 5.75 Å². The van der Waals surface area contributed by atoms with E-state index in [0.29, 0.717) is 28.0 Å². The monoisotopic (exact) mass is 502 g/mol. The van der Waals surface area contributed by atoms with Crippen LogP contribution in [0.1, 0.15) is 25.1 Å². The van der Waals surface area contributed by atoms with Crippen LogP contribution in [0.25, 0.3) is 11.3 Å². The second-order valence-corrected chi connectivity index (χ2v) is 8.63. The zero-order valence-electron chi connectivity index (χ0n) is 16.5. The highest BCUT2D eigenvalue weighted by Crippen LogP contribution is 2.42. The summed E-state index contributed by atoms with van der Waals surface area (Å²) in [5.74, 6) is 0.568. The number of rotatable bonds is 7. The number of halogens is 1. The highest BCUT2D eigenvalue weighted by molar-refractivity contribution is 9.10. The maximum absolute atomic E-state index is 11.0. The molecule has 31 heavy (non-hydrogen) atoms. The molecule has 0 spiro atoms. The van der Waals surface area contributed by atoms with E-state index in [2.05, 4.69) is 43.4 Å². The van der Waals surface area contributed by atoms with Crippen molar-refractivity contribution >= 4 is 39.3 Å². The molecule has 2 N–H and O–H groups in total. The van der Waals surface area contributed by atoms with Gasteiger partial charge in [-0.1, -0.05) is 46.7 Å². The molecule has 0 bridgehead atoms. The molecule has 0 radical (unpaired) electrons. The fourth-order valence-corrected chi connectivity index (χ4v) is 4.03. The van der Waals surface area contributed by atoms with Crippen molar-refractivity contribution in [3.63, 3.8) is 0 Å². The molecule has 10 heteroatoms. The number of para-hydroxylation sites is 1. The number of thioether (sulfide) groups is 1. The molecule has 1 atom stereocenters. The lowest BCUT2D eigenvalue weighted by Gasteiger charge is -2.21. The number of anilines is 1. The Morgan fingerprint density at radius 2 is 2.13 bits per heavy atom. The van der Waals surface area contributed by atoms with Crippen LogP contribution in [-0.4, -0.2) is 38.6 Å². The minimum Gasteiger partial charge on any atom is -0.481 e. The molecule has 0 aliphatic carbocycles. The molecule has 4 rings (SSSR count). The number of hydrogen-bond acceptors (Lipinski definition) is 8. The van der Waals surface area contributed by atoms with Crippen LogP contribution in [0.15, 0.2) is 52.1 Å². The minimum atomic E-state index is -1.06. The first kappa shape index (κ1) is 21.4. The number of aromatic nitrogens is 3. The van der Waals surface area contributed by atoms with Crippen LogP contribution in [0.4, 0.5) is 5.69 Å². The maximum atomic E-state index is 11.0. The van der Waals surface area contributed by atoms with Crippen LogP contribution < -0.4 is 14.8 Å². The molecule has 2 aromatic carbocycles. The molecule has 1 aliphatic rings. The summed E-state index contributed by atoms with van der Waals surface area (Å²) in [6, 6.07) is 12.9. The van der Waals surface area contributed by atoms with Crippen molar-refractivity contribution in [3.8, 4) is 22.9 Å². The Morgan fingerprint density at radius 3 is 2.94 bits per heavy atom. The predicted molar refractivity (Wildman–Crippen MR) is 121 cm³/mol. The van der Waals surface area contributed by atoms with Gasteiger partial charge < -0.3 is 19.9 Å². The SMILES string of the molecule is CCCSc1nnc2c(n1)O[C@@H](c1ccccc1OCC(=O)O)Nc1ccc(Br)cc1-2. The fraction of sp³-hybridized carbons (Fsp3) is 0.238. The molecular formula is C21H19BrN4O4S. The zero-order valence-corrected chi connectivity index (χ0v) is 18.9. The summed E-state index contributed by atoms with van der Waals surface area (Å²) in [4.78, 5) is 15.6. The molecule has 2 heterocycles. The summed E-state index contributed by atoms with van der Waals surface area (Å²) in [6.07, 6.45) is 0.312. The molecule has 160 valence electrons. The lowest BCUT2D eigenvalue weighted by molar-refractivity contribution is -0.139. The van der Waals surface area contributed by atoms with Crippen LogP contribution >= 0.6 is 27.7 Å². The molecule has 0 saturated carbocycles. The molecule has 8 nitrogen and oxygen atoms in total. The number of carbonyl (C=O) groups is 1. The number of nitrogens with zero attached hydrogens (tertiary/aromatic N) is 3. The molecule has 0 fully saturated rings. The van der Waals surface area contributed by atoms with Crippen molar-refractivity contribution in [3.05, 3.63) is 52.5 Å². The Hall–Kier alpha value is -2.85. The number of aliphatic carboxylic acids is 1. The number of carboxylic acids is 1. The van der Waals surface area contributed by atoms with Gasteiger partial charge in [0.05, 0.1) is 5.56 Å². The second-order valence-electron chi connectivity index (χ2n) is 6.65. The normalized spacial score (nSPS) is 14.5. The summed E-state index contributed by atoms with van der Waals surface area (Å²) in [6.45, 7) is 1.63. The topological polar surface area (TPSA) is 106 Å².